The van der Waals surface area contributed by atoms with Gasteiger partial charge < -0.3 is 14.4 Å². The molecule has 0 spiro atoms. The first-order valence-electron chi connectivity index (χ1n) is 13.3. The minimum absolute atomic E-state index is 0.0192. The van der Waals surface area contributed by atoms with Gasteiger partial charge in [0.05, 0.1) is 24.0 Å². The molecule has 7 rings (SSSR count). The van der Waals surface area contributed by atoms with Gasteiger partial charge in [0, 0.05) is 55.0 Å². The summed E-state index contributed by atoms with van der Waals surface area (Å²) in [6.07, 6.45) is 2.34. The number of amides is 2. The molecule has 0 N–H and O–H groups in total. The lowest BCUT2D eigenvalue weighted by Crippen LogP contribution is -2.59. The second-order valence-electron chi connectivity index (χ2n) is 10.9. The van der Waals surface area contributed by atoms with Crippen molar-refractivity contribution < 1.29 is 31.9 Å². The summed E-state index contributed by atoms with van der Waals surface area (Å²) >= 11 is 0. The van der Waals surface area contributed by atoms with Crippen LogP contribution in [0.5, 0.6) is 0 Å². The van der Waals surface area contributed by atoms with Gasteiger partial charge in [-0.1, -0.05) is 6.07 Å². The second-order valence-corrected chi connectivity index (χ2v) is 10.9. The number of ether oxygens (including phenoxy) is 1. The number of aromatic nitrogens is 3. The van der Waals surface area contributed by atoms with Crippen molar-refractivity contribution in [1.82, 2.24) is 23.8 Å². The average molecular weight is 568 g/mol. The number of allylic oxidation sites excluding steroid dienone is 2. The van der Waals surface area contributed by atoms with Crippen LogP contribution in [0.4, 0.5) is 22.4 Å². The molecule has 3 aliphatic rings. The van der Waals surface area contributed by atoms with E-state index in [4.69, 9.17) is 0 Å². The first-order chi connectivity index (χ1) is 19.5. The molecule has 1 aromatic carbocycles. The summed E-state index contributed by atoms with van der Waals surface area (Å²) in [5.41, 5.74) is 4.63. The highest BCUT2D eigenvalue weighted by Gasteiger charge is 2.50. The molecule has 0 radical (unpaired) electrons. The maximum atomic E-state index is 15.1. The zero-order chi connectivity index (χ0) is 28.7. The molecule has 212 valence electrons. The molecular weight excluding hydrogens is 542 g/mol. The third-order valence-corrected chi connectivity index (χ3v) is 7.92. The predicted molar refractivity (Wildman–Crippen MR) is 141 cm³/mol. The molecule has 1 aliphatic carbocycles. The van der Waals surface area contributed by atoms with Crippen molar-refractivity contribution in [2.75, 3.05) is 19.6 Å². The quantitative estimate of drug-likeness (QED) is 0.311. The van der Waals surface area contributed by atoms with Gasteiger partial charge in [-0.25, -0.2) is 18.6 Å². The molecule has 1 unspecified atom stereocenters. The highest BCUT2D eigenvalue weighted by Crippen LogP contribution is 2.42. The summed E-state index contributed by atoms with van der Waals surface area (Å²) in [5, 5.41) is 0.597. The van der Waals surface area contributed by atoms with Gasteiger partial charge in [-0.15, -0.1) is 0 Å². The predicted octanol–water partition coefficient (Wildman–Crippen LogP) is 5.25. The average Bonchev–Trinajstić information content (AvgIpc) is 3.55. The Morgan fingerprint density at radius 3 is 2.71 bits per heavy atom. The molecule has 8 nitrogen and oxygen atoms in total. The maximum absolute atomic E-state index is 15.1. The van der Waals surface area contributed by atoms with Crippen molar-refractivity contribution in [3.63, 3.8) is 0 Å². The van der Waals surface area contributed by atoms with E-state index in [0.717, 1.165) is 23.0 Å². The molecule has 1 saturated heterocycles. The van der Waals surface area contributed by atoms with Crippen LogP contribution in [0.15, 0.2) is 48.9 Å². The van der Waals surface area contributed by atoms with Crippen LogP contribution >= 0.6 is 0 Å². The van der Waals surface area contributed by atoms with Crippen LogP contribution in [0.25, 0.3) is 27.7 Å². The Kier molecular flexibility index (Phi) is 5.59. The van der Waals surface area contributed by atoms with Crippen LogP contribution < -0.4 is 0 Å². The smallest absolute Gasteiger partial charge is 0.345 e. The summed E-state index contributed by atoms with van der Waals surface area (Å²) in [6, 6.07) is 7.53. The molecule has 5 heterocycles. The van der Waals surface area contributed by atoms with Crippen molar-refractivity contribution in [3.05, 3.63) is 71.6 Å². The number of carbonyl (C=O) groups excluding carboxylic acids is 2. The Morgan fingerprint density at radius 1 is 1.07 bits per heavy atom. The number of fused-ring (bicyclic) bond motifs is 1. The SMILES string of the molecule is CC1(F)CN(C(=O)N2CCn3cc(C4=C(c5cnc6ccccn56)C(=O)CC4)c4cc(F)cc(c43)C2)CC(F)(F)O1. The standard InChI is InChI=1S/C29H25F4N5O3/c1-28(31)15-37(16-29(32,33)41-28)27(40)36-9-8-35-14-21(20-11-18(30)10-17(13-36)26(20)35)19-5-6-23(39)25(19)22-12-34-24-4-2-3-7-38(22)24/h2-4,7,10-12,14H,5-6,8-9,13,15-16H2,1H3. The van der Waals surface area contributed by atoms with E-state index in [1.165, 1.54) is 17.0 Å². The molecule has 4 aromatic rings. The molecule has 2 aliphatic heterocycles. The number of hydrogen-bond acceptors (Lipinski definition) is 4. The van der Waals surface area contributed by atoms with Gasteiger partial charge in [0.1, 0.15) is 18.0 Å². The van der Waals surface area contributed by atoms with Crippen molar-refractivity contribution in [3.8, 4) is 0 Å². The fourth-order valence-corrected chi connectivity index (χ4v) is 6.38. The Hall–Kier alpha value is -4.19. The van der Waals surface area contributed by atoms with Crippen LogP contribution in [0.1, 0.15) is 36.6 Å². The van der Waals surface area contributed by atoms with Gasteiger partial charge in [0.2, 0.25) is 5.85 Å². The Morgan fingerprint density at radius 2 is 1.90 bits per heavy atom. The number of halogens is 4. The van der Waals surface area contributed by atoms with Gasteiger partial charge in [-0.05, 0) is 48.7 Å². The summed E-state index contributed by atoms with van der Waals surface area (Å²) in [7, 11) is 0. The molecule has 0 saturated carbocycles. The molecule has 3 aromatic heterocycles. The molecule has 0 bridgehead atoms. The minimum atomic E-state index is -3.83. The van der Waals surface area contributed by atoms with Gasteiger partial charge in [0.25, 0.3) is 0 Å². The number of benzene rings is 1. The van der Waals surface area contributed by atoms with E-state index in [1.54, 1.807) is 6.20 Å². The minimum Gasteiger partial charge on any atom is -0.345 e. The fourth-order valence-electron chi connectivity index (χ4n) is 6.38. The van der Waals surface area contributed by atoms with E-state index in [0.29, 0.717) is 52.8 Å². The number of carbonyl (C=O) groups is 2. The van der Waals surface area contributed by atoms with Crippen LogP contribution in [0.2, 0.25) is 0 Å². The monoisotopic (exact) mass is 567 g/mol. The van der Waals surface area contributed by atoms with E-state index in [1.807, 2.05) is 39.6 Å². The number of nitrogens with zero attached hydrogens (tertiary/aromatic N) is 5. The number of imidazole rings is 1. The summed E-state index contributed by atoms with van der Waals surface area (Å²) in [4.78, 5) is 32.9. The number of Topliss-reactive ketones (excluding diaryl/α,β-unsaturated/α-hetero) is 1. The number of pyridine rings is 1. The lowest BCUT2D eigenvalue weighted by Gasteiger charge is -2.41. The number of urea groups is 1. The van der Waals surface area contributed by atoms with Crippen molar-refractivity contribution in [1.29, 1.82) is 0 Å². The third-order valence-electron chi connectivity index (χ3n) is 7.92. The van der Waals surface area contributed by atoms with Crippen molar-refractivity contribution >= 4 is 39.5 Å². The van der Waals surface area contributed by atoms with Gasteiger partial charge >= 0.3 is 12.1 Å². The molecule has 41 heavy (non-hydrogen) atoms. The Labute approximate surface area is 231 Å². The number of morpholine rings is 1. The van der Waals surface area contributed by atoms with Crippen molar-refractivity contribution in [2.45, 2.75) is 44.8 Å². The number of alkyl halides is 3. The molecular formula is C29H25F4N5O3. The maximum Gasteiger partial charge on any atom is 0.375 e. The van der Waals surface area contributed by atoms with Crippen molar-refractivity contribution in [2.24, 2.45) is 0 Å². The van der Waals surface area contributed by atoms with Crippen LogP contribution in [0, 0.1) is 5.82 Å². The lowest BCUT2D eigenvalue weighted by molar-refractivity contribution is -0.354. The van der Waals surface area contributed by atoms with E-state index in [9.17, 15) is 22.8 Å². The number of ketones is 1. The van der Waals surface area contributed by atoms with Crippen LogP contribution in [-0.4, -0.2) is 67.2 Å². The Bertz CT molecular complexity index is 1770. The lowest BCUT2D eigenvalue weighted by atomic mass is 9.98. The zero-order valence-corrected chi connectivity index (χ0v) is 22.0. The first kappa shape index (κ1) is 25.8. The number of hydrogen-bond donors (Lipinski definition) is 0. The van der Waals surface area contributed by atoms with E-state index >= 15 is 4.39 Å². The summed E-state index contributed by atoms with van der Waals surface area (Å²) in [6.45, 7) is -0.508. The van der Waals surface area contributed by atoms with Crippen LogP contribution in [0.3, 0.4) is 0 Å². The summed E-state index contributed by atoms with van der Waals surface area (Å²) in [5.74, 6) is -3.26. The zero-order valence-electron chi connectivity index (χ0n) is 22.0. The molecule has 2 amide bonds. The topological polar surface area (TPSA) is 72.1 Å². The Balaban J connectivity index is 1.29. The van der Waals surface area contributed by atoms with Gasteiger partial charge in [-0.2, -0.15) is 8.78 Å². The largest absolute Gasteiger partial charge is 0.375 e. The highest BCUT2D eigenvalue weighted by atomic mass is 19.3. The first-order valence-corrected chi connectivity index (χ1v) is 13.3. The number of rotatable bonds is 2. The van der Waals surface area contributed by atoms with Gasteiger partial charge in [0.15, 0.2) is 5.78 Å². The molecule has 1 fully saturated rings. The van der Waals surface area contributed by atoms with E-state index in [-0.39, 0.29) is 18.9 Å². The molecule has 1 atom stereocenters. The van der Waals surface area contributed by atoms with E-state index < -0.39 is 36.9 Å². The normalized spacial score (nSPS) is 22.7. The highest BCUT2D eigenvalue weighted by molar-refractivity contribution is 6.31. The summed E-state index contributed by atoms with van der Waals surface area (Å²) < 4.78 is 65.6. The van der Waals surface area contributed by atoms with Gasteiger partial charge in [-0.3, -0.25) is 13.9 Å². The second kappa shape index (κ2) is 8.90. The van der Waals surface area contributed by atoms with E-state index in [2.05, 4.69) is 9.72 Å². The third kappa shape index (κ3) is 4.28. The fraction of sp³-hybridized carbons (Fsp3) is 0.345. The molecule has 12 heteroatoms. The van der Waals surface area contributed by atoms with Crippen LogP contribution in [-0.2, 0) is 22.6 Å².